The van der Waals surface area contributed by atoms with Gasteiger partial charge in [-0.25, -0.2) is 0 Å². The number of halogens is 1. The van der Waals surface area contributed by atoms with E-state index in [0.717, 1.165) is 22.4 Å². The van der Waals surface area contributed by atoms with Crippen LogP contribution in [0.25, 0.3) is 0 Å². The lowest BCUT2D eigenvalue weighted by molar-refractivity contribution is 0.0946. The third-order valence-electron chi connectivity index (χ3n) is 3.17. The fourth-order valence-electron chi connectivity index (χ4n) is 2.12. The average Bonchev–Trinajstić information content (AvgIpc) is 2.74. The number of hydrogen-bond acceptors (Lipinski definition) is 3. The molecule has 0 radical (unpaired) electrons. The van der Waals surface area contributed by atoms with Crippen molar-refractivity contribution in [2.45, 2.75) is 27.3 Å². The molecule has 112 valence electrons. The van der Waals surface area contributed by atoms with Crippen molar-refractivity contribution >= 4 is 21.8 Å². The molecule has 2 aromatic heterocycles. The summed E-state index contributed by atoms with van der Waals surface area (Å²) in [6.07, 6.45) is 3.22. The number of aromatic nitrogens is 3. The summed E-state index contributed by atoms with van der Waals surface area (Å²) in [5.41, 5.74) is 2.72. The molecule has 0 bridgehead atoms. The van der Waals surface area contributed by atoms with Gasteiger partial charge in [0.1, 0.15) is 0 Å². The summed E-state index contributed by atoms with van der Waals surface area (Å²) < 4.78 is 2.78. The normalized spacial score (nSPS) is 12.2. The second-order valence-corrected chi connectivity index (χ2v) is 6.23. The molecular weight excluding hydrogens is 332 g/mol. The van der Waals surface area contributed by atoms with Gasteiger partial charge in [0.05, 0.1) is 11.3 Å². The minimum Gasteiger partial charge on any atom is -0.352 e. The van der Waals surface area contributed by atoms with Crippen molar-refractivity contribution in [3.05, 3.63) is 46.0 Å². The van der Waals surface area contributed by atoms with E-state index in [1.165, 1.54) is 0 Å². The molecule has 0 aliphatic heterocycles. The van der Waals surface area contributed by atoms with E-state index in [9.17, 15) is 4.79 Å². The monoisotopic (exact) mass is 350 g/mol. The van der Waals surface area contributed by atoms with Gasteiger partial charge in [-0.1, -0.05) is 6.92 Å². The van der Waals surface area contributed by atoms with Crippen LogP contribution in [0.15, 0.2) is 29.0 Å². The molecule has 6 heteroatoms. The Labute approximate surface area is 132 Å². The summed E-state index contributed by atoms with van der Waals surface area (Å²) in [4.78, 5) is 16.0. The lowest BCUT2D eigenvalue weighted by Crippen LogP contribution is -2.30. The summed E-state index contributed by atoms with van der Waals surface area (Å²) >= 11 is 3.31. The minimum absolute atomic E-state index is 0.107. The van der Waals surface area contributed by atoms with Gasteiger partial charge in [0.15, 0.2) is 0 Å². The molecule has 0 saturated carbocycles. The van der Waals surface area contributed by atoms with Crippen molar-refractivity contribution in [1.82, 2.24) is 20.1 Å². The SMILES string of the molecule is Cc1cc(C)n(CC(C)CNC(=O)c2cncc(Br)c2)n1. The maximum atomic E-state index is 12.0. The first-order valence-electron chi connectivity index (χ1n) is 6.85. The maximum Gasteiger partial charge on any atom is 0.252 e. The molecule has 1 N–H and O–H groups in total. The Balaban J connectivity index is 1.88. The summed E-state index contributed by atoms with van der Waals surface area (Å²) in [5.74, 6) is 0.191. The van der Waals surface area contributed by atoms with E-state index in [1.807, 2.05) is 18.5 Å². The van der Waals surface area contributed by atoms with Crippen LogP contribution in [-0.4, -0.2) is 27.2 Å². The van der Waals surface area contributed by atoms with Crippen molar-refractivity contribution in [2.75, 3.05) is 6.54 Å². The second-order valence-electron chi connectivity index (χ2n) is 5.32. The molecule has 0 spiro atoms. The number of pyridine rings is 1. The number of nitrogens with zero attached hydrogens (tertiary/aromatic N) is 3. The van der Waals surface area contributed by atoms with Crippen molar-refractivity contribution < 1.29 is 4.79 Å². The largest absolute Gasteiger partial charge is 0.352 e. The molecule has 0 aliphatic rings. The molecule has 0 saturated heterocycles. The van der Waals surface area contributed by atoms with Crippen LogP contribution in [0.1, 0.15) is 28.7 Å². The van der Waals surface area contributed by atoms with Crippen LogP contribution in [0.5, 0.6) is 0 Å². The van der Waals surface area contributed by atoms with Crippen LogP contribution in [-0.2, 0) is 6.54 Å². The lowest BCUT2D eigenvalue weighted by Gasteiger charge is -2.14. The van der Waals surface area contributed by atoms with Gasteiger partial charge in [0.25, 0.3) is 5.91 Å². The molecular formula is C15H19BrN4O. The molecule has 0 aromatic carbocycles. The number of carbonyl (C=O) groups is 1. The molecule has 1 amide bonds. The van der Waals surface area contributed by atoms with Gasteiger partial charge < -0.3 is 5.32 Å². The van der Waals surface area contributed by atoms with Crippen LogP contribution in [0, 0.1) is 19.8 Å². The molecule has 21 heavy (non-hydrogen) atoms. The van der Waals surface area contributed by atoms with Gasteiger partial charge in [-0.2, -0.15) is 5.10 Å². The van der Waals surface area contributed by atoms with Crippen molar-refractivity contribution in [2.24, 2.45) is 5.92 Å². The standard InChI is InChI=1S/C15H19BrN4O/c1-10(9-20-12(3)4-11(2)19-20)6-18-15(21)13-5-14(16)8-17-7-13/h4-5,7-8,10H,6,9H2,1-3H3,(H,18,21). The highest BCUT2D eigenvalue weighted by Gasteiger charge is 2.10. The van der Waals surface area contributed by atoms with Gasteiger partial charge in [0, 0.05) is 35.6 Å². The first-order chi connectivity index (χ1) is 9.95. The first kappa shape index (κ1) is 15.7. The zero-order valence-corrected chi connectivity index (χ0v) is 14.0. The van der Waals surface area contributed by atoms with E-state index < -0.39 is 0 Å². The van der Waals surface area contributed by atoms with E-state index in [4.69, 9.17) is 0 Å². The third kappa shape index (κ3) is 4.39. The first-order valence-corrected chi connectivity index (χ1v) is 7.65. The number of carbonyl (C=O) groups excluding carboxylic acids is 1. The van der Waals surface area contributed by atoms with E-state index >= 15 is 0 Å². The summed E-state index contributed by atoms with van der Waals surface area (Å²) in [7, 11) is 0. The predicted molar refractivity (Wildman–Crippen MR) is 85.1 cm³/mol. The molecule has 2 aromatic rings. The van der Waals surface area contributed by atoms with Gasteiger partial charge >= 0.3 is 0 Å². The van der Waals surface area contributed by atoms with Crippen molar-refractivity contribution in [3.63, 3.8) is 0 Å². The molecule has 2 rings (SSSR count). The zero-order valence-electron chi connectivity index (χ0n) is 12.4. The van der Waals surface area contributed by atoms with Crippen LogP contribution < -0.4 is 5.32 Å². The number of amides is 1. The summed E-state index contributed by atoms with van der Waals surface area (Å²) in [5, 5.41) is 7.37. The Morgan fingerprint density at radius 2 is 2.14 bits per heavy atom. The van der Waals surface area contributed by atoms with Crippen LogP contribution in [0.2, 0.25) is 0 Å². The molecule has 0 aliphatic carbocycles. The molecule has 1 atom stereocenters. The Bertz CT molecular complexity index is 638. The second kappa shape index (κ2) is 6.85. The smallest absolute Gasteiger partial charge is 0.252 e. The third-order valence-corrected chi connectivity index (χ3v) is 3.60. The fraction of sp³-hybridized carbons (Fsp3) is 0.400. The van der Waals surface area contributed by atoms with Crippen LogP contribution in [0.3, 0.4) is 0 Å². The summed E-state index contributed by atoms with van der Waals surface area (Å²) in [6.45, 7) is 7.50. The molecule has 0 fully saturated rings. The van der Waals surface area contributed by atoms with E-state index in [0.29, 0.717) is 18.0 Å². The van der Waals surface area contributed by atoms with Gasteiger partial charge in [-0.15, -0.1) is 0 Å². The van der Waals surface area contributed by atoms with Crippen molar-refractivity contribution in [3.8, 4) is 0 Å². The fourth-order valence-corrected chi connectivity index (χ4v) is 2.49. The van der Waals surface area contributed by atoms with Crippen molar-refractivity contribution in [1.29, 1.82) is 0 Å². The van der Waals surface area contributed by atoms with E-state index in [-0.39, 0.29) is 5.91 Å². The van der Waals surface area contributed by atoms with Gasteiger partial charge in [-0.05, 0) is 47.8 Å². The molecule has 2 heterocycles. The highest BCUT2D eigenvalue weighted by atomic mass is 79.9. The maximum absolute atomic E-state index is 12.0. The Morgan fingerprint density at radius 3 is 2.76 bits per heavy atom. The zero-order chi connectivity index (χ0) is 15.4. The van der Waals surface area contributed by atoms with Crippen LogP contribution in [0.4, 0.5) is 0 Å². The lowest BCUT2D eigenvalue weighted by atomic mass is 10.1. The number of nitrogens with one attached hydrogen (secondary N) is 1. The number of rotatable bonds is 5. The minimum atomic E-state index is -0.107. The van der Waals surface area contributed by atoms with Gasteiger partial charge in [-0.3, -0.25) is 14.5 Å². The Kier molecular flexibility index (Phi) is 5.12. The topological polar surface area (TPSA) is 59.8 Å². The quantitative estimate of drug-likeness (QED) is 0.901. The summed E-state index contributed by atoms with van der Waals surface area (Å²) in [6, 6.07) is 3.81. The number of hydrogen-bond donors (Lipinski definition) is 1. The average molecular weight is 351 g/mol. The molecule has 5 nitrogen and oxygen atoms in total. The van der Waals surface area contributed by atoms with Crippen LogP contribution >= 0.6 is 15.9 Å². The Morgan fingerprint density at radius 1 is 1.38 bits per heavy atom. The highest BCUT2D eigenvalue weighted by molar-refractivity contribution is 9.10. The Hall–Kier alpha value is -1.69. The molecule has 1 unspecified atom stereocenters. The predicted octanol–water partition coefficient (Wildman–Crippen LogP) is 2.72. The highest BCUT2D eigenvalue weighted by Crippen LogP contribution is 2.10. The van der Waals surface area contributed by atoms with E-state index in [1.54, 1.807) is 18.5 Å². The van der Waals surface area contributed by atoms with Gasteiger partial charge in [0.2, 0.25) is 0 Å². The number of aryl methyl sites for hydroxylation is 2. The van der Waals surface area contributed by atoms with E-state index in [2.05, 4.69) is 44.3 Å².